The first-order chi connectivity index (χ1) is 21.9. The molecule has 2 N–H and O–H groups in total. The second-order valence-electron chi connectivity index (χ2n) is 15.4. The van der Waals surface area contributed by atoms with Crippen LogP contribution in [-0.4, -0.2) is 66.0 Å². The van der Waals surface area contributed by atoms with E-state index in [1.54, 1.807) is 18.2 Å². The zero-order valence-corrected chi connectivity index (χ0v) is 26.9. The minimum absolute atomic E-state index is 0.00283. The summed E-state index contributed by atoms with van der Waals surface area (Å²) in [6.07, 6.45) is 6.27. The van der Waals surface area contributed by atoms with Crippen LogP contribution in [0.1, 0.15) is 77.7 Å². The van der Waals surface area contributed by atoms with Crippen molar-refractivity contribution in [1.82, 2.24) is 5.32 Å². The quantitative estimate of drug-likeness (QED) is 0.421. The molecule has 8 rings (SSSR count). The van der Waals surface area contributed by atoms with Crippen LogP contribution in [0, 0.1) is 34.5 Å². The van der Waals surface area contributed by atoms with Gasteiger partial charge in [0.05, 0.1) is 12.5 Å². The predicted molar refractivity (Wildman–Crippen MR) is 163 cm³/mol. The van der Waals surface area contributed by atoms with Crippen molar-refractivity contribution in [2.24, 2.45) is 34.5 Å². The molecular weight excluding hydrogens is 590 g/mol. The van der Waals surface area contributed by atoms with Gasteiger partial charge in [0.15, 0.2) is 17.9 Å². The van der Waals surface area contributed by atoms with E-state index in [0.29, 0.717) is 44.8 Å². The van der Waals surface area contributed by atoms with Gasteiger partial charge in [0, 0.05) is 30.7 Å². The summed E-state index contributed by atoms with van der Waals surface area (Å²) in [5, 5.41) is 12.3. The number of carbonyl (C=O) groups excluding carboxylic acids is 3. The summed E-state index contributed by atoms with van der Waals surface area (Å²) < 4.78 is 32.3. The molecule has 6 fully saturated rings. The van der Waals surface area contributed by atoms with Crippen LogP contribution in [0.15, 0.2) is 35.9 Å². The van der Waals surface area contributed by atoms with Crippen LogP contribution in [0.3, 0.4) is 0 Å². The number of esters is 1. The van der Waals surface area contributed by atoms with Crippen molar-refractivity contribution in [1.29, 1.82) is 0 Å². The number of carbonyl (C=O) groups is 3. The van der Waals surface area contributed by atoms with E-state index in [9.17, 15) is 19.5 Å². The van der Waals surface area contributed by atoms with Crippen LogP contribution >= 0.6 is 0 Å². The van der Waals surface area contributed by atoms with Gasteiger partial charge in [-0.1, -0.05) is 19.1 Å². The van der Waals surface area contributed by atoms with Gasteiger partial charge in [0.1, 0.15) is 18.5 Å². The number of hydrogen-bond donors (Lipinski definition) is 2. The molecule has 3 aliphatic heterocycles. The molecule has 2 spiro atoms. The smallest absolute Gasteiger partial charge is 0.306 e. The first-order valence-corrected chi connectivity index (χ1v) is 17.1. The molecule has 10 heteroatoms. The second kappa shape index (κ2) is 10.6. The highest BCUT2D eigenvalue weighted by Gasteiger charge is 2.80. The third-order valence-electron chi connectivity index (χ3n) is 12.6. The van der Waals surface area contributed by atoms with Crippen molar-refractivity contribution in [3.63, 3.8) is 0 Å². The fourth-order valence-corrected chi connectivity index (χ4v) is 10.9. The van der Waals surface area contributed by atoms with E-state index in [-0.39, 0.29) is 71.3 Å². The van der Waals surface area contributed by atoms with Crippen molar-refractivity contribution in [3.8, 4) is 5.75 Å². The summed E-state index contributed by atoms with van der Waals surface area (Å²) in [4.78, 5) is 38.6. The first-order valence-electron chi connectivity index (χ1n) is 17.1. The fraction of sp³-hybridized carbons (Fsp3) is 0.694. The van der Waals surface area contributed by atoms with E-state index in [0.717, 1.165) is 30.4 Å². The third-order valence-corrected chi connectivity index (χ3v) is 12.6. The van der Waals surface area contributed by atoms with Gasteiger partial charge in [-0.2, -0.15) is 0 Å². The number of phenols is 1. The van der Waals surface area contributed by atoms with Crippen molar-refractivity contribution < 1.29 is 43.2 Å². The number of benzene rings is 1. The minimum atomic E-state index is -0.794. The molecule has 10 nitrogen and oxygen atoms in total. The van der Waals surface area contributed by atoms with Gasteiger partial charge in [0.25, 0.3) is 0 Å². The lowest BCUT2D eigenvalue weighted by atomic mass is 9.46. The Bertz CT molecular complexity index is 1470. The fourth-order valence-electron chi connectivity index (χ4n) is 10.9. The highest BCUT2D eigenvalue weighted by molar-refractivity contribution is 5.92. The van der Waals surface area contributed by atoms with E-state index in [1.807, 2.05) is 26.0 Å². The van der Waals surface area contributed by atoms with Crippen LogP contribution in [-0.2, 0) is 44.5 Å². The number of amides is 1. The monoisotopic (exact) mass is 635 g/mol. The number of phenolic OH excluding ortho intramolecular Hbond substituents is 1. The first kappa shape index (κ1) is 30.5. The molecule has 1 amide bonds. The molecule has 10 atom stereocenters. The molecule has 1 aromatic rings. The zero-order chi connectivity index (χ0) is 32.1. The Morgan fingerprint density at radius 3 is 2.67 bits per heavy atom. The molecule has 46 heavy (non-hydrogen) atoms. The molecule has 4 aliphatic carbocycles. The van der Waals surface area contributed by atoms with Gasteiger partial charge >= 0.3 is 5.97 Å². The van der Waals surface area contributed by atoms with E-state index in [4.69, 9.17) is 23.7 Å². The van der Waals surface area contributed by atoms with Gasteiger partial charge in [0.2, 0.25) is 11.7 Å². The minimum Gasteiger partial charge on any atom is -0.508 e. The molecule has 0 radical (unpaired) electrons. The Labute approximate surface area is 269 Å². The lowest BCUT2D eigenvalue weighted by Gasteiger charge is -2.58. The van der Waals surface area contributed by atoms with Gasteiger partial charge in [-0.05, 0) is 105 Å². The number of ether oxygens (including phenoxy) is 5. The maximum atomic E-state index is 13.3. The van der Waals surface area contributed by atoms with Crippen molar-refractivity contribution >= 4 is 17.7 Å². The van der Waals surface area contributed by atoms with E-state index in [1.165, 1.54) is 0 Å². The zero-order valence-electron chi connectivity index (χ0n) is 26.9. The second-order valence-corrected chi connectivity index (χ2v) is 15.4. The summed E-state index contributed by atoms with van der Waals surface area (Å²) in [5.74, 6) is -0.902. The van der Waals surface area contributed by atoms with Crippen molar-refractivity contribution in [2.45, 2.75) is 109 Å². The average molecular weight is 636 g/mol. The molecule has 7 aliphatic rings. The summed E-state index contributed by atoms with van der Waals surface area (Å²) in [6.45, 7) is 6.95. The van der Waals surface area contributed by atoms with Crippen LogP contribution in [0.2, 0.25) is 0 Å². The van der Waals surface area contributed by atoms with E-state index >= 15 is 0 Å². The standard InChI is InChI=1S/C36H45NO9/c1-33(2)42-19-36(46-33)28-9-8-24-23-17-26(43-30(41)11-10-29(40)37-15-13-20-4-6-21(38)7-5-20)25-16-22(39)12-14-34(25,3)31(23)27-18-35(24,28)32(44-27)45-36/h4-7,16,23-24,26-28,31-32,38H,8-15,17-19H2,1-3H3,(H,37,40)/t23?,24?,26-,27?,28+,31?,32-,34+,35-,36-/m1/s1. The molecule has 0 aromatic heterocycles. The summed E-state index contributed by atoms with van der Waals surface area (Å²) in [7, 11) is 0. The number of fused-ring (bicyclic) bond motifs is 7. The Morgan fingerprint density at radius 1 is 1.11 bits per heavy atom. The molecule has 248 valence electrons. The number of hydrogen-bond acceptors (Lipinski definition) is 9. The van der Waals surface area contributed by atoms with Crippen LogP contribution in [0.5, 0.6) is 5.75 Å². The van der Waals surface area contributed by atoms with E-state index < -0.39 is 23.6 Å². The predicted octanol–water partition coefficient (Wildman–Crippen LogP) is 4.33. The Kier molecular flexibility index (Phi) is 7.04. The molecule has 1 aromatic carbocycles. The molecular formula is C36H45NO9. The third kappa shape index (κ3) is 4.61. The molecule has 4 unspecified atom stereocenters. The Balaban J connectivity index is 0.973. The number of aromatic hydroxyl groups is 1. The van der Waals surface area contributed by atoms with Gasteiger partial charge in [-0.15, -0.1) is 0 Å². The SMILES string of the molecule is CC1(C)OC[C@@]2(O[C@H]3OC4C[C@]35C(CC[C@H]25)C2C[C@@H](OC(=O)CCC(=O)NCCc3ccc(O)cc3)C3=CC(=O)CC[C@]3(C)C42)O1. The molecule has 3 saturated heterocycles. The lowest BCUT2D eigenvalue weighted by Crippen LogP contribution is -2.58. The van der Waals surface area contributed by atoms with Crippen molar-refractivity contribution in [3.05, 3.63) is 41.5 Å². The highest BCUT2D eigenvalue weighted by Crippen LogP contribution is 2.76. The average Bonchev–Trinajstić information content (AvgIpc) is 3.70. The summed E-state index contributed by atoms with van der Waals surface area (Å²) in [5.41, 5.74) is 1.42. The van der Waals surface area contributed by atoms with Gasteiger partial charge < -0.3 is 34.1 Å². The van der Waals surface area contributed by atoms with Crippen LogP contribution in [0.4, 0.5) is 0 Å². The topological polar surface area (TPSA) is 130 Å². The molecule has 3 heterocycles. The largest absolute Gasteiger partial charge is 0.508 e. The lowest BCUT2D eigenvalue weighted by molar-refractivity contribution is -0.293. The Hall–Kier alpha value is -2.79. The maximum absolute atomic E-state index is 13.3. The maximum Gasteiger partial charge on any atom is 0.306 e. The van der Waals surface area contributed by atoms with Crippen LogP contribution in [0.25, 0.3) is 0 Å². The highest BCUT2D eigenvalue weighted by atomic mass is 16.9. The number of rotatable bonds is 7. The number of ketones is 1. The Morgan fingerprint density at radius 2 is 1.91 bits per heavy atom. The van der Waals surface area contributed by atoms with Crippen molar-refractivity contribution in [2.75, 3.05) is 13.2 Å². The van der Waals surface area contributed by atoms with Gasteiger partial charge in [-0.3, -0.25) is 14.4 Å². The normalized spacial score (nSPS) is 42.7. The summed E-state index contributed by atoms with van der Waals surface area (Å²) >= 11 is 0. The van der Waals surface area contributed by atoms with Gasteiger partial charge in [-0.25, -0.2) is 0 Å². The number of nitrogens with one attached hydrogen (secondary N) is 1. The summed E-state index contributed by atoms with van der Waals surface area (Å²) in [6, 6.07) is 6.87. The van der Waals surface area contributed by atoms with E-state index in [2.05, 4.69) is 12.2 Å². The van der Waals surface area contributed by atoms with Crippen LogP contribution < -0.4 is 5.32 Å². The molecule has 3 saturated carbocycles. The molecule has 2 bridgehead atoms.